The maximum absolute atomic E-state index is 10.5. The summed E-state index contributed by atoms with van der Waals surface area (Å²) in [7, 11) is 0. The molecule has 1 rings (SSSR count). The number of benzene rings is 1. The molecule has 0 bridgehead atoms. The maximum atomic E-state index is 10.5. The van der Waals surface area contributed by atoms with E-state index in [2.05, 4.69) is 12.1 Å². The molecule has 0 aliphatic rings. The lowest BCUT2D eigenvalue weighted by Crippen LogP contribution is -2.11. The fraction of sp³-hybridized carbons (Fsp3) is 0.364. The van der Waals surface area contributed by atoms with Crippen LogP contribution in [0.2, 0.25) is 0 Å². The molecule has 1 atom stereocenters. The molecule has 14 heavy (non-hydrogen) atoms. The van der Waals surface area contributed by atoms with Gasteiger partial charge in [-0.05, 0) is 5.56 Å². The highest BCUT2D eigenvalue weighted by Crippen LogP contribution is 2.15. The Hall–Kier alpha value is -0.960. The van der Waals surface area contributed by atoms with E-state index in [4.69, 9.17) is 5.11 Å². The minimum atomic E-state index is -0.717. The summed E-state index contributed by atoms with van der Waals surface area (Å²) >= 11 is 1.66. The van der Waals surface area contributed by atoms with Crippen LogP contribution in [-0.2, 0) is 10.5 Å². The smallest absolute Gasteiger partial charge is 0.307 e. The standard InChI is InChI=1S/C11H14O2S/c1-9(11(12)13)7-14-8-10-5-3-2-4-6-10/h2-6,9H,7-8H2,1H3,(H,12,13)/t9-/m1/s1. The van der Waals surface area contributed by atoms with Gasteiger partial charge in [-0.15, -0.1) is 0 Å². The van der Waals surface area contributed by atoms with Crippen molar-refractivity contribution in [3.05, 3.63) is 35.9 Å². The summed E-state index contributed by atoms with van der Waals surface area (Å²) in [5, 5.41) is 8.67. The van der Waals surface area contributed by atoms with E-state index < -0.39 is 5.97 Å². The first kappa shape index (κ1) is 11.1. The largest absolute Gasteiger partial charge is 0.481 e. The van der Waals surface area contributed by atoms with Gasteiger partial charge in [0.25, 0.3) is 0 Å². The predicted molar refractivity (Wildman–Crippen MR) is 59.4 cm³/mol. The van der Waals surface area contributed by atoms with Gasteiger partial charge in [0.2, 0.25) is 0 Å². The maximum Gasteiger partial charge on any atom is 0.307 e. The van der Waals surface area contributed by atoms with Crippen LogP contribution < -0.4 is 0 Å². The zero-order valence-corrected chi connectivity index (χ0v) is 8.96. The normalized spacial score (nSPS) is 12.4. The van der Waals surface area contributed by atoms with Gasteiger partial charge in [-0.2, -0.15) is 11.8 Å². The van der Waals surface area contributed by atoms with E-state index in [1.165, 1.54) is 5.56 Å². The van der Waals surface area contributed by atoms with Crippen molar-refractivity contribution in [2.45, 2.75) is 12.7 Å². The van der Waals surface area contributed by atoms with Gasteiger partial charge in [-0.1, -0.05) is 37.3 Å². The minimum Gasteiger partial charge on any atom is -0.481 e. The minimum absolute atomic E-state index is 0.260. The molecule has 0 aliphatic carbocycles. The van der Waals surface area contributed by atoms with E-state index in [1.807, 2.05) is 18.2 Å². The number of hydrogen-bond acceptors (Lipinski definition) is 2. The van der Waals surface area contributed by atoms with E-state index in [0.29, 0.717) is 5.75 Å². The van der Waals surface area contributed by atoms with Crippen LogP contribution in [0.5, 0.6) is 0 Å². The van der Waals surface area contributed by atoms with E-state index >= 15 is 0 Å². The summed E-state index contributed by atoms with van der Waals surface area (Å²) < 4.78 is 0. The Labute approximate surface area is 88.3 Å². The van der Waals surface area contributed by atoms with Crippen molar-refractivity contribution in [3.8, 4) is 0 Å². The third kappa shape index (κ3) is 3.83. The third-order valence-electron chi connectivity index (χ3n) is 1.90. The van der Waals surface area contributed by atoms with Gasteiger partial charge in [-0.3, -0.25) is 4.79 Å². The predicted octanol–water partition coefficient (Wildman–Crippen LogP) is 2.64. The zero-order chi connectivity index (χ0) is 10.4. The highest BCUT2D eigenvalue weighted by molar-refractivity contribution is 7.98. The van der Waals surface area contributed by atoms with Crippen molar-refractivity contribution in [1.29, 1.82) is 0 Å². The second-order valence-electron chi connectivity index (χ2n) is 3.24. The lowest BCUT2D eigenvalue weighted by atomic mass is 10.2. The van der Waals surface area contributed by atoms with Crippen molar-refractivity contribution in [3.63, 3.8) is 0 Å². The molecule has 0 heterocycles. The molecule has 2 nitrogen and oxygen atoms in total. The molecule has 0 radical (unpaired) electrons. The molecular formula is C11H14O2S. The molecule has 0 fully saturated rings. The number of carboxylic acid groups (broad SMARTS) is 1. The van der Waals surface area contributed by atoms with Crippen LogP contribution in [0.4, 0.5) is 0 Å². The summed E-state index contributed by atoms with van der Waals surface area (Å²) in [5.74, 6) is 0.581. The van der Waals surface area contributed by atoms with E-state index in [0.717, 1.165) is 5.75 Å². The van der Waals surface area contributed by atoms with Crippen LogP contribution in [0, 0.1) is 5.92 Å². The number of rotatable bonds is 5. The Morgan fingerprint density at radius 1 is 1.43 bits per heavy atom. The van der Waals surface area contributed by atoms with Gasteiger partial charge in [-0.25, -0.2) is 0 Å². The lowest BCUT2D eigenvalue weighted by Gasteiger charge is -2.05. The van der Waals surface area contributed by atoms with Crippen LogP contribution in [0.25, 0.3) is 0 Å². The Bertz CT molecular complexity index is 285. The van der Waals surface area contributed by atoms with Gasteiger partial charge in [0.1, 0.15) is 0 Å². The Morgan fingerprint density at radius 2 is 2.07 bits per heavy atom. The van der Waals surface area contributed by atoms with Gasteiger partial charge in [0, 0.05) is 11.5 Å². The first-order valence-electron chi connectivity index (χ1n) is 4.54. The number of aliphatic carboxylic acids is 1. The quantitative estimate of drug-likeness (QED) is 0.811. The molecule has 0 aliphatic heterocycles. The van der Waals surface area contributed by atoms with Gasteiger partial charge in [0.05, 0.1) is 5.92 Å². The highest BCUT2D eigenvalue weighted by atomic mass is 32.2. The molecule has 0 unspecified atom stereocenters. The average Bonchev–Trinajstić information content (AvgIpc) is 2.19. The molecule has 1 aromatic rings. The third-order valence-corrected chi connectivity index (χ3v) is 3.17. The van der Waals surface area contributed by atoms with E-state index in [1.54, 1.807) is 18.7 Å². The first-order chi connectivity index (χ1) is 6.70. The molecule has 0 amide bonds. The summed E-state index contributed by atoms with van der Waals surface area (Å²) in [6, 6.07) is 10.1. The second-order valence-corrected chi connectivity index (χ2v) is 4.27. The first-order valence-corrected chi connectivity index (χ1v) is 5.70. The summed E-state index contributed by atoms with van der Waals surface area (Å²) in [4.78, 5) is 10.5. The topological polar surface area (TPSA) is 37.3 Å². The van der Waals surface area contributed by atoms with E-state index in [-0.39, 0.29) is 5.92 Å². The molecule has 0 saturated heterocycles. The van der Waals surface area contributed by atoms with Gasteiger partial charge >= 0.3 is 5.97 Å². The average molecular weight is 210 g/mol. The molecule has 76 valence electrons. The number of carboxylic acids is 1. The van der Waals surface area contributed by atoms with E-state index in [9.17, 15) is 4.79 Å². The Kier molecular flexibility index (Phi) is 4.53. The summed E-state index contributed by atoms with van der Waals surface area (Å²) in [5.41, 5.74) is 1.25. The van der Waals surface area contributed by atoms with Crippen molar-refractivity contribution < 1.29 is 9.90 Å². The monoisotopic (exact) mass is 210 g/mol. The molecule has 0 aromatic heterocycles. The van der Waals surface area contributed by atoms with Crippen molar-refractivity contribution in [2.24, 2.45) is 5.92 Å². The van der Waals surface area contributed by atoms with Crippen LogP contribution in [-0.4, -0.2) is 16.8 Å². The zero-order valence-electron chi connectivity index (χ0n) is 8.14. The molecule has 0 saturated carbocycles. The van der Waals surface area contributed by atoms with Crippen LogP contribution >= 0.6 is 11.8 Å². The van der Waals surface area contributed by atoms with Crippen LogP contribution in [0.15, 0.2) is 30.3 Å². The van der Waals surface area contributed by atoms with Crippen molar-refractivity contribution in [1.82, 2.24) is 0 Å². The van der Waals surface area contributed by atoms with Crippen molar-refractivity contribution in [2.75, 3.05) is 5.75 Å². The lowest BCUT2D eigenvalue weighted by molar-refractivity contribution is -0.140. The molecule has 3 heteroatoms. The Balaban J connectivity index is 2.26. The fourth-order valence-electron chi connectivity index (χ4n) is 0.999. The van der Waals surface area contributed by atoms with Crippen molar-refractivity contribution >= 4 is 17.7 Å². The molecule has 0 spiro atoms. The summed E-state index contributed by atoms with van der Waals surface area (Å²) in [6.45, 7) is 1.74. The number of carbonyl (C=O) groups is 1. The second kappa shape index (κ2) is 5.70. The fourth-order valence-corrected chi connectivity index (χ4v) is 2.04. The summed E-state index contributed by atoms with van der Waals surface area (Å²) in [6.07, 6.45) is 0. The van der Waals surface area contributed by atoms with Crippen LogP contribution in [0.1, 0.15) is 12.5 Å². The van der Waals surface area contributed by atoms with Crippen LogP contribution in [0.3, 0.4) is 0 Å². The molecule has 1 aromatic carbocycles. The number of hydrogen-bond donors (Lipinski definition) is 1. The van der Waals surface area contributed by atoms with Gasteiger partial charge < -0.3 is 5.11 Å². The highest BCUT2D eigenvalue weighted by Gasteiger charge is 2.09. The van der Waals surface area contributed by atoms with Gasteiger partial charge in [0.15, 0.2) is 0 Å². The molecular weight excluding hydrogens is 196 g/mol. The number of thioether (sulfide) groups is 1. The SMILES string of the molecule is C[C@H](CSCc1ccccc1)C(=O)O. The molecule has 1 N–H and O–H groups in total. The Morgan fingerprint density at radius 3 is 2.64 bits per heavy atom.